The van der Waals surface area contributed by atoms with Crippen molar-refractivity contribution in [3.63, 3.8) is 0 Å². The average molecular weight is 311 g/mol. The zero-order chi connectivity index (χ0) is 16.4. The molecule has 2 unspecified atom stereocenters. The number of hydrogen-bond donors (Lipinski definition) is 1. The van der Waals surface area contributed by atoms with Gasteiger partial charge in [0.2, 0.25) is 0 Å². The Bertz CT molecular complexity index is 696. The van der Waals surface area contributed by atoms with Crippen molar-refractivity contribution in [2.24, 2.45) is 0 Å². The summed E-state index contributed by atoms with van der Waals surface area (Å²) in [4.78, 5) is 13.1. The number of carboxylic acid groups (broad SMARTS) is 1. The van der Waals surface area contributed by atoms with E-state index in [9.17, 15) is 4.79 Å². The van der Waals surface area contributed by atoms with Gasteiger partial charge in [-0.25, -0.2) is 4.79 Å². The van der Waals surface area contributed by atoms with E-state index >= 15 is 0 Å². The zero-order valence-electron chi connectivity index (χ0n) is 13.4. The van der Waals surface area contributed by atoms with Crippen molar-refractivity contribution in [1.82, 2.24) is 0 Å². The van der Waals surface area contributed by atoms with E-state index in [2.05, 4.69) is 36.2 Å². The molecular formula is C19H21NO3. The van der Waals surface area contributed by atoms with Crippen LogP contribution >= 0.6 is 0 Å². The molecule has 0 aromatic heterocycles. The number of nitrogens with zero attached hydrogens (tertiary/aromatic N) is 1. The summed E-state index contributed by atoms with van der Waals surface area (Å²) in [6.45, 7) is 2.56. The van der Waals surface area contributed by atoms with Crippen molar-refractivity contribution in [1.29, 1.82) is 0 Å². The Morgan fingerprint density at radius 3 is 2.61 bits per heavy atom. The predicted octanol–water partition coefficient (Wildman–Crippen LogP) is 3.51. The number of para-hydroxylation sites is 1. The largest absolute Gasteiger partial charge is 0.479 e. The molecule has 3 rings (SSSR count). The Hall–Kier alpha value is -2.49. The third-order valence-electron chi connectivity index (χ3n) is 4.42. The third kappa shape index (κ3) is 3.16. The van der Waals surface area contributed by atoms with Crippen LogP contribution < -0.4 is 9.64 Å². The Morgan fingerprint density at radius 2 is 1.91 bits per heavy atom. The van der Waals surface area contributed by atoms with Gasteiger partial charge in [-0.1, -0.05) is 30.3 Å². The van der Waals surface area contributed by atoms with Crippen molar-refractivity contribution >= 4 is 11.7 Å². The van der Waals surface area contributed by atoms with E-state index in [0.717, 1.165) is 13.0 Å². The van der Waals surface area contributed by atoms with Gasteiger partial charge in [-0.2, -0.15) is 0 Å². The van der Waals surface area contributed by atoms with Gasteiger partial charge >= 0.3 is 5.97 Å². The van der Waals surface area contributed by atoms with Gasteiger partial charge in [0, 0.05) is 25.2 Å². The van der Waals surface area contributed by atoms with Crippen LogP contribution in [0.3, 0.4) is 0 Å². The summed E-state index contributed by atoms with van der Waals surface area (Å²) in [6.07, 6.45) is 0.226. The lowest BCUT2D eigenvalue weighted by Crippen LogP contribution is -2.27. The smallest absolute Gasteiger partial charge is 0.344 e. The van der Waals surface area contributed by atoms with Gasteiger partial charge < -0.3 is 14.7 Å². The van der Waals surface area contributed by atoms with Crippen LogP contribution in [0.25, 0.3) is 0 Å². The lowest BCUT2D eigenvalue weighted by atomic mass is 9.84. The van der Waals surface area contributed by atoms with Crippen LogP contribution in [0.2, 0.25) is 0 Å². The lowest BCUT2D eigenvalue weighted by molar-refractivity contribution is -0.144. The second-order valence-electron chi connectivity index (χ2n) is 5.99. The number of carboxylic acids is 1. The minimum absolute atomic E-state index is 0.369. The van der Waals surface area contributed by atoms with E-state index < -0.39 is 12.1 Å². The van der Waals surface area contributed by atoms with Gasteiger partial charge in [-0.3, -0.25) is 0 Å². The molecule has 0 saturated heterocycles. The Balaban J connectivity index is 1.83. The Kier molecular flexibility index (Phi) is 4.24. The van der Waals surface area contributed by atoms with Gasteiger partial charge in [0.1, 0.15) is 5.75 Å². The predicted molar refractivity (Wildman–Crippen MR) is 90.3 cm³/mol. The third-order valence-corrected chi connectivity index (χ3v) is 4.42. The highest BCUT2D eigenvalue weighted by Gasteiger charge is 2.24. The SMILES string of the molecule is CC(Oc1ccc(C2CCN(C)c3ccccc32)cc1)C(=O)O. The number of ether oxygens (including phenoxy) is 1. The van der Waals surface area contributed by atoms with Crippen molar-refractivity contribution in [3.05, 3.63) is 59.7 Å². The molecule has 23 heavy (non-hydrogen) atoms. The van der Waals surface area contributed by atoms with Crippen LogP contribution in [-0.4, -0.2) is 30.8 Å². The Labute approximate surface area is 136 Å². The van der Waals surface area contributed by atoms with Crippen LogP contribution in [-0.2, 0) is 4.79 Å². The molecule has 2 aromatic rings. The van der Waals surface area contributed by atoms with E-state index in [1.807, 2.05) is 24.3 Å². The highest BCUT2D eigenvalue weighted by atomic mass is 16.5. The molecule has 120 valence electrons. The summed E-state index contributed by atoms with van der Waals surface area (Å²) in [5.41, 5.74) is 3.86. The fourth-order valence-corrected chi connectivity index (χ4v) is 3.11. The molecule has 4 nitrogen and oxygen atoms in total. The fraction of sp³-hybridized carbons (Fsp3) is 0.316. The number of anilines is 1. The zero-order valence-corrected chi connectivity index (χ0v) is 13.4. The van der Waals surface area contributed by atoms with Crippen molar-refractivity contribution < 1.29 is 14.6 Å². The fourth-order valence-electron chi connectivity index (χ4n) is 3.11. The van der Waals surface area contributed by atoms with Crippen LogP contribution in [0, 0.1) is 0 Å². The van der Waals surface area contributed by atoms with Crippen LogP contribution in [0.1, 0.15) is 30.4 Å². The monoisotopic (exact) mass is 311 g/mol. The number of carbonyl (C=O) groups is 1. The van der Waals surface area contributed by atoms with Gasteiger partial charge in [0.25, 0.3) is 0 Å². The molecule has 2 atom stereocenters. The average Bonchev–Trinajstić information content (AvgIpc) is 2.56. The van der Waals surface area contributed by atoms with Crippen LogP contribution in [0.15, 0.2) is 48.5 Å². The van der Waals surface area contributed by atoms with E-state index in [-0.39, 0.29) is 0 Å². The summed E-state index contributed by atoms with van der Waals surface area (Å²) in [6, 6.07) is 16.3. The first-order valence-electron chi connectivity index (χ1n) is 7.85. The first-order chi connectivity index (χ1) is 11.1. The molecule has 1 heterocycles. The van der Waals surface area contributed by atoms with E-state index in [4.69, 9.17) is 9.84 Å². The molecule has 0 bridgehead atoms. The maximum absolute atomic E-state index is 10.9. The maximum atomic E-state index is 10.9. The molecule has 0 amide bonds. The van der Waals surface area contributed by atoms with Gasteiger partial charge in [-0.05, 0) is 42.7 Å². The van der Waals surface area contributed by atoms with Gasteiger partial charge in [0.05, 0.1) is 0 Å². The number of aliphatic carboxylic acids is 1. The second kappa shape index (κ2) is 6.32. The lowest BCUT2D eigenvalue weighted by Gasteiger charge is -2.33. The summed E-state index contributed by atoms with van der Waals surface area (Å²) >= 11 is 0. The van der Waals surface area contributed by atoms with Crippen molar-refractivity contribution in [2.75, 3.05) is 18.5 Å². The molecule has 1 aliphatic heterocycles. The number of rotatable bonds is 4. The molecular weight excluding hydrogens is 290 g/mol. The Morgan fingerprint density at radius 1 is 1.22 bits per heavy atom. The highest BCUT2D eigenvalue weighted by molar-refractivity contribution is 5.72. The molecule has 0 saturated carbocycles. The van der Waals surface area contributed by atoms with Gasteiger partial charge in [-0.15, -0.1) is 0 Å². The van der Waals surface area contributed by atoms with Crippen molar-refractivity contribution in [2.45, 2.75) is 25.4 Å². The van der Waals surface area contributed by atoms with E-state index in [1.54, 1.807) is 0 Å². The second-order valence-corrected chi connectivity index (χ2v) is 5.99. The topological polar surface area (TPSA) is 49.8 Å². The molecule has 4 heteroatoms. The summed E-state index contributed by atoms with van der Waals surface area (Å²) in [5, 5.41) is 8.91. The summed E-state index contributed by atoms with van der Waals surface area (Å²) in [5.74, 6) is -0.00321. The number of hydrogen-bond acceptors (Lipinski definition) is 3. The maximum Gasteiger partial charge on any atom is 0.344 e. The summed E-state index contributed by atoms with van der Waals surface area (Å²) < 4.78 is 5.40. The van der Waals surface area contributed by atoms with Crippen LogP contribution in [0.4, 0.5) is 5.69 Å². The minimum atomic E-state index is -0.960. The van der Waals surface area contributed by atoms with Crippen LogP contribution in [0.5, 0.6) is 5.75 Å². The van der Waals surface area contributed by atoms with E-state index in [0.29, 0.717) is 11.7 Å². The number of benzene rings is 2. The molecule has 0 fully saturated rings. The molecule has 1 N–H and O–H groups in total. The summed E-state index contributed by atoms with van der Waals surface area (Å²) in [7, 11) is 2.12. The molecule has 2 aromatic carbocycles. The standard InChI is InChI=1S/C19H21NO3/c1-13(19(21)22)23-15-9-7-14(8-10-15)16-11-12-20(2)18-6-4-3-5-17(16)18/h3-10,13,16H,11-12H2,1-2H3,(H,21,22). The number of fused-ring (bicyclic) bond motifs is 1. The minimum Gasteiger partial charge on any atom is -0.479 e. The normalized spacial score (nSPS) is 18.2. The molecule has 0 aliphatic carbocycles. The quantitative estimate of drug-likeness (QED) is 0.939. The molecule has 0 spiro atoms. The van der Waals surface area contributed by atoms with E-state index in [1.165, 1.54) is 23.7 Å². The van der Waals surface area contributed by atoms with Crippen molar-refractivity contribution in [3.8, 4) is 5.75 Å². The van der Waals surface area contributed by atoms with Gasteiger partial charge in [0.15, 0.2) is 6.10 Å². The first-order valence-corrected chi connectivity index (χ1v) is 7.85. The first kappa shape index (κ1) is 15.4. The highest BCUT2D eigenvalue weighted by Crippen LogP contribution is 2.38. The molecule has 0 radical (unpaired) electrons. The molecule has 1 aliphatic rings.